The maximum atomic E-state index is 11.8. The molecule has 1 atom stereocenters. The van der Waals surface area contributed by atoms with Crippen molar-refractivity contribution < 1.29 is 9.53 Å². The molecule has 13 heavy (non-hydrogen) atoms. The van der Waals surface area contributed by atoms with Gasteiger partial charge < -0.3 is 9.64 Å². The van der Waals surface area contributed by atoms with E-state index in [-0.39, 0.29) is 17.6 Å². The van der Waals surface area contributed by atoms with Gasteiger partial charge in [0.05, 0.1) is 0 Å². The molecule has 1 rings (SSSR count). The first kappa shape index (κ1) is 10.5. The van der Waals surface area contributed by atoms with Crippen LogP contribution in [0.2, 0.25) is 0 Å². The first-order valence-electron chi connectivity index (χ1n) is 4.88. The summed E-state index contributed by atoms with van der Waals surface area (Å²) in [5, 5.41) is 0. The zero-order chi connectivity index (χ0) is 10.1. The standard InChI is InChI=1S/C10H19NO2/c1-5-13-8-6-7-10(2,3)9(12)11(8)4/h8H,5-7H2,1-4H3. The molecule has 3 nitrogen and oxygen atoms in total. The maximum Gasteiger partial charge on any atom is 0.229 e. The number of amides is 1. The van der Waals surface area contributed by atoms with Gasteiger partial charge in [0.25, 0.3) is 0 Å². The minimum Gasteiger partial charge on any atom is -0.359 e. The molecule has 0 aromatic rings. The van der Waals surface area contributed by atoms with E-state index in [0.29, 0.717) is 6.61 Å². The molecular weight excluding hydrogens is 166 g/mol. The lowest BCUT2D eigenvalue weighted by Gasteiger charge is -2.40. The first-order valence-corrected chi connectivity index (χ1v) is 4.88. The molecule has 3 heteroatoms. The maximum absolute atomic E-state index is 11.8. The van der Waals surface area contributed by atoms with Crippen LogP contribution in [0.5, 0.6) is 0 Å². The summed E-state index contributed by atoms with van der Waals surface area (Å²) in [6, 6.07) is 0. The molecule has 0 radical (unpaired) electrons. The van der Waals surface area contributed by atoms with Gasteiger partial charge in [-0.05, 0) is 19.8 Å². The summed E-state index contributed by atoms with van der Waals surface area (Å²) >= 11 is 0. The van der Waals surface area contributed by atoms with Crippen LogP contribution in [-0.4, -0.2) is 30.7 Å². The van der Waals surface area contributed by atoms with Gasteiger partial charge in [-0.1, -0.05) is 13.8 Å². The molecule has 0 spiro atoms. The monoisotopic (exact) mass is 185 g/mol. The second kappa shape index (κ2) is 3.66. The Morgan fingerprint density at radius 2 is 2.23 bits per heavy atom. The fourth-order valence-electron chi connectivity index (χ4n) is 1.78. The van der Waals surface area contributed by atoms with Gasteiger partial charge in [-0.15, -0.1) is 0 Å². The Morgan fingerprint density at radius 3 is 2.77 bits per heavy atom. The van der Waals surface area contributed by atoms with Crippen molar-refractivity contribution >= 4 is 5.91 Å². The van der Waals surface area contributed by atoms with Gasteiger partial charge in [0.1, 0.15) is 6.23 Å². The Bertz CT molecular complexity index is 201. The van der Waals surface area contributed by atoms with Crippen LogP contribution in [0.25, 0.3) is 0 Å². The zero-order valence-corrected chi connectivity index (χ0v) is 8.96. The molecular formula is C10H19NO2. The number of hydrogen-bond donors (Lipinski definition) is 0. The quantitative estimate of drug-likeness (QED) is 0.654. The molecule has 1 aliphatic rings. The van der Waals surface area contributed by atoms with E-state index < -0.39 is 0 Å². The molecule has 1 aliphatic heterocycles. The van der Waals surface area contributed by atoms with E-state index >= 15 is 0 Å². The number of carbonyl (C=O) groups excluding carboxylic acids is 1. The van der Waals surface area contributed by atoms with Gasteiger partial charge in [0.2, 0.25) is 5.91 Å². The van der Waals surface area contributed by atoms with E-state index in [4.69, 9.17) is 4.74 Å². The number of rotatable bonds is 2. The molecule has 0 bridgehead atoms. The number of piperidine rings is 1. The molecule has 0 aromatic carbocycles. The average molecular weight is 185 g/mol. The lowest BCUT2D eigenvalue weighted by Crippen LogP contribution is -2.50. The third-order valence-corrected chi connectivity index (χ3v) is 2.71. The molecule has 1 saturated heterocycles. The van der Waals surface area contributed by atoms with Gasteiger partial charge in [-0.2, -0.15) is 0 Å². The van der Waals surface area contributed by atoms with Gasteiger partial charge in [-0.3, -0.25) is 4.79 Å². The number of nitrogens with zero attached hydrogens (tertiary/aromatic N) is 1. The van der Waals surface area contributed by atoms with Crippen LogP contribution in [0, 0.1) is 5.41 Å². The summed E-state index contributed by atoms with van der Waals surface area (Å²) < 4.78 is 5.46. The minimum atomic E-state index is -0.206. The Balaban J connectivity index is 2.65. The van der Waals surface area contributed by atoms with Gasteiger partial charge in [0.15, 0.2) is 0 Å². The Labute approximate surface area is 80.1 Å². The highest BCUT2D eigenvalue weighted by Crippen LogP contribution is 2.32. The van der Waals surface area contributed by atoms with Crippen LogP contribution in [0.1, 0.15) is 33.6 Å². The number of likely N-dealkylation sites (tertiary alicyclic amines) is 1. The van der Waals surface area contributed by atoms with E-state index in [1.165, 1.54) is 0 Å². The van der Waals surface area contributed by atoms with Gasteiger partial charge in [-0.25, -0.2) is 0 Å². The van der Waals surface area contributed by atoms with Crippen LogP contribution in [-0.2, 0) is 9.53 Å². The van der Waals surface area contributed by atoms with Crippen LogP contribution < -0.4 is 0 Å². The van der Waals surface area contributed by atoms with Crippen molar-refractivity contribution in [3.05, 3.63) is 0 Å². The molecule has 0 aliphatic carbocycles. The van der Waals surface area contributed by atoms with E-state index in [9.17, 15) is 4.79 Å². The van der Waals surface area contributed by atoms with Crippen LogP contribution >= 0.6 is 0 Å². The fraction of sp³-hybridized carbons (Fsp3) is 0.900. The molecule has 1 heterocycles. The summed E-state index contributed by atoms with van der Waals surface area (Å²) in [5.74, 6) is 0.192. The van der Waals surface area contributed by atoms with Crippen molar-refractivity contribution in [2.24, 2.45) is 5.41 Å². The normalized spacial score (nSPS) is 27.8. The summed E-state index contributed by atoms with van der Waals surface area (Å²) in [6.07, 6.45) is 1.86. The number of ether oxygens (including phenoxy) is 1. The second-order valence-electron chi connectivity index (χ2n) is 4.25. The highest BCUT2D eigenvalue weighted by atomic mass is 16.5. The van der Waals surface area contributed by atoms with Crippen molar-refractivity contribution in [2.45, 2.75) is 39.8 Å². The molecule has 1 unspecified atom stereocenters. The molecule has 0 aromatic heterocycles. The third-order valence-electron chi connectivity index (χ3n) is 2.71. The number of carbonyl (C=O) groups is 1. The Morgan fingerprint density at radius 1 is 1.62 bits per heavy atom. The third kappa shape index (κ3) is 2.02. The summed E-state index contributed by atoms with van der Waals surface area (Å²) in [7, 11) is 1.82. The predicted molar refractivity (Wildman–Crippen MR) is 51.2 cm³/mol. The summed E-state index contributed by atoms with van der Waals surface area (Å²) in [6.45, 7) is 6.61. The van der Waals surface area contributed by atoms with E-state index in [1.54, 1.807) is 4.90 Å². The van der Waals surface area contributed by atoms with Crippen LogP contribution in [0.15, 0.2) is 0 Å². The Hall–Kier alpha value is -0.570. The summed E-state index contributed by atoms with van der Waals surface area (Å²) in [5.41, 5.74) is -0.206. The smallest absolute Gasteiger partial charge is 0.229 e. The van der Waals surface area contributed by atoms with E-state index in [2.05, 4.69) is 0 Å². The largest absolute Gasteiger partial charge is 0.359 e. The van der Waals surface area contributed by atoms with Gasteiger partial charge >= 0.3 is 0 Å². The van der Waals surface area contributed by atoms with E-state index in [1.807, 2.05) is 27.8 Å². The molecule has 1 fully saturated rings. The lowest BCUT2D eigenvalue weighted by atomic mass is 9.83. The lowest BCUT2D eigenvalue weighted by molar-refractivity contribution is -0.162. The Kier molecular flexibility index (Phi) is 2.96. The fourth-order valence-corrected chi connectivity index (χ4v) is 1.78. The predicted octanol–water partition coefficient (Wildman–Crippen LogP) is 1.63. The second-order valence-corrected chi connectivity index (χ2v) is 4.25. The average Bonchev–Trinajstić information content (AvgIpc) is 2.07. The van der Waals surface area contributed by atoms with Crippen molar-refractivity contribution in [1.82, 2.24) is 4.90 Å². The van der Waals surface area contributed by atoms with Crippen molar-refractivity contribution in [2.75, 3.05) is 13.7 Å². The summed E-state index contributed by atoms with van der Waals surface area (Å²) in [4.78, 5) is 13.5. The van der Waals surface area contributed by atoms with Crippen molar-refractivity contribution in [3.63, 3.8) is 0 Å². The minimum absolute atomic E-state index is 0.00877. The highest BCUT2D eigenvalue weighted by Gasteiger charge is 2.38. The molecule has 76 valence electrons. The van der Waals surface area contributed by atoms with Gasteiger partial charge in [0, 0.05) is 19.1 Å². The molecule has 0 saturated carbocycles. The SMILES string of the molecule is CCOC1CCC(C)(C)C(=O)N1C. The zero-order valence-electron chi connectivity index (χ0n) is 8.96. The van der Waals surface area contributed by atoms with E-state index in [0.717, 1.165) is 12.8 Å². The topological polar surface area (TPSA) is 29.5 Å². The highest BCUT2D eigenvalue weighted by molar-refractivity contribution is 5.82. The van der Waals surface area contributed by atoms with Crippen molar-refractivity contribution in [1.29, 1.82) is 0 Å². The molecule has 0 N–H and O–H groups in total. The first-order chi connectivity index (χ1) is 5.99. The number of hydrogen-bond acceptors (Lipinski definition) is 2. The van der Waals surface area contributed by atoms with Crippen LogP contribution in [0.4, 0.5) is 0 Å². The van der Waals surface area contributed by atoms with Crippen molar-refractivity contribution in [3.8, 4) is 0 Å². The molecule has 1 amide bonds. The van der Waals surface area contributed by atoms with Crippen LogP contribution in [0.3, 0.4) is 0 Å².